The number of nitrogens with zero attached hydrogens (tertiary/aromatic N) is 1. The molecule has 0 amide bonds. The van der Waals surface area contributed by atoms with Crippen molar-refractivity contribution in [2.24, 2.45) is 11.7 Å². The first kappa shape index (κ1) is 13.1. The van der Waals surface area contributed by atoms with Gasteiger partial charge in [0.25, 0.3) is 0 Å². The normalized spacial score (nSPS) is 29.1. The Morgan fingerprint density at radius 3 is 2.53 bits per heavy atom. The predicted molar refractivity (Wildman–Crippen MR) is 80.2 cm³/mol. The van der Waals surface area contributed by atoms with Gasteiger partial charge in [0.1, 0.15) is 0 Å². The summed E-state index contributed by atoms with van der Waals surface area (Å²) in [5.74, 6) is 1.52. The van der Waals surface area contributed by atoms with E-state index in [-0.39, 0.29) is 0 Å². The Labute approximate surface area is 117 Å². The molecule has 104 valence electrons. The van der Waals surface area contributed by atoms with Crippen molar-refractivity contribution in [1.29, 1.82) is 0 Å². The standard InChI is InChI=1S/C17H26N2/c18-17-13-19(11-10-14-6-4-5-7-14)12-16(17)15-8-2-1-3-9-15/h1-3,8-9,14,16-17H,4-7,10-13,18H2/t16-,17+/m0/s1. The molecule has 2 atom stereocenters. The third-order valence-electron chi connectivity index (χ3n) is 5.00. The highest BCUT2D eigenvalue weighted by Gasteiger charge is 2.31. The van der Waals surface area contributed by atoms with Gasteiger partial charge in [0, 0.05) is 25.0 Å². The maximum Gasteiger partial charge on any atom is 0.0249 e. The van der Waals surface area contributed by atoms with E-state index in [9.17, 15) is 0 Å². The van der Waals surface area contributed by atoms with Crippen LogP contribution in [-0.4, -0.2) is 30.6 Å². The lowest BCUT2D eigenvalue weighted by molar-refractivity contribution is 0.297. The van der Waals surface area contributed by atoms with E-state index in [2.05, 4.69) is 35.2 Å². The van der Waals surface area contributed by atoms with Gasteiger partial charge in [0.05, 0.1) is 0 Å². The van der Waals surface area contributed by atoms with Crippen LogP contribution in [0.2, 0.25) is 0 Å². The molecule has 2 heteroatoms. The van der Waals surface area contributed by atoms with Gasteiger partial charge in [-0.05, 0) is 24.4 Å². The Kier molecular flexibility index (Phi) is 4.19. The monoisotopic (exact) mass is 258 g/mol. The third-order valence-corrected chi connectivity index (χ3v) is 5.00. The van der Waals surface area contributed by atoms with Crippen LogP contribution in [-0.2, 0) is 0 Å². The molecular formula is C17H26N2. The largest absolute Gasteiger partial charge is 0.326 e. The SMILES string of the molecule is N[C@@H]1CN(CCC2CCCC2)C[C@H]1c1ccccc1. The number of hydrogen-bond acceptors (Lipinski definition) is 2. The predicted octanol–water partition coefficient (Wildman–Crippen LogP) is 2.99. The topological polar surface area (TPSA) is 29.3 Å². The zero-order chi connectivity index (χ0) is 13.1. The lowest BCUT2D eigenvalue weighted by atomic mass is 9.95. The van der Waals surface area contributed by atoms with Crippen LogP contribution in [0.25, 0.3) is 0 Å². The molecule has 1 saturated carbocycles. The average molecular weight is 258 g/mol. The molecular weight excluding hydrogens is 232 g/mol. The van der Waals surface area contributed by atoms with Crippen LogP contribution in [0.3, 0.4) is 0 Å². The van der Waals surface area contributed by atoms with Crippen molar-refractivity contribution in [2.45, 2.75) is 44.1 Å². The molecule has 0 bridgehead atoms. The summed E-state index contributed by atoms with van der Waals surface area (Å²) in [7, 11) is 0. The highest BCUT2D eigenvalue weighted by atomic mass is 15.2. The van der Waals surface area contributed by atoms with Crippen LogP contribution >= 0.6 is 0 Å². The molecule has 2 N–H and O–H groups in total. The number of rotatable bonds is 4. The smallest absolute Gasteiger partial charge is 0.0249 e. The van der Waals surface area contributed by atoms with Crippen molar-refractivity contribution in [3.05, 3.63) is 35.9 Å². The highest BCUT2D eigenvalue weighted by molar-refractivity contribution is 5.23. The molecule has 1 saturated heterocycles. The van der Waals surface area contributed by atoms with Crippen molar-refractivity contribution in [3.63, 3.8) is 0 Å². The van der Waals surface area contributed by atoms with E-state index in [1.165, 1.54) is 44.2 Å². The van der Waals surface area contributed by atoms with Crippen molar-refractivity contribution < 1.29 is 0 Å². The summed E-state index contributed by atoms with van der Waals surface area (Å²) in [4.78, 5) is 2.58. The first-order chi connectivity index (χ1) is 9.33. The highest BCUT2D eigenvalue weighted by Crippen LogP contribution is 2.30. The minimum atomic E-state index is 0.311. The second kappa shape index (κ2) is 6.06. The minimum Gasteiger partial charge on any atom is -0.326 e. The van der Waals surface area contributed by atoms with Crippen LogP contribution < -0.4 is 5.73 Å². The zero-order valence-corrected chi connectivity index (χ0v) is 11.8. The summed E-state index contributed by atoms with van der Waals surface area (Å²) in [5.41, 5.74) is 7.76. The van der Waals surface area contributed by atoms with Crippen LogP contribution in [0.5, 0.6) is 0 Å². The zero-order valence-electron chi connectivity index (χ0n) is 11.8. The van der Waals surface area contributed by atoms with Gasteiger partial charge < -0.3 is 10.6 Å². The van der Waals surface area contributed by atoms with Crippen LogP contribution in [0.4, 0.5) is 0 Å². The first-order valence-corrected chi connectivity index (χ1v) is 7.86. The van der Waals surface area contributed by atoms with Gasteiger partial charge in [-0.15, -0.1) is 0 Å². The Balaban J connectivity index is 1.53. The van der Waals surface area contributed by atoms with E-state index in [1.807, 2.05) is 0 Å². The lowest BCUT2D eigenvalue weighted by Crippen LogP contribution is -2.29. The van der Waals surface area contributed by atoms with E-state index in [1.54, 1.807) is 0 Å². The molecule has 0 unspecified atom stereocenters. The maximum absolute atomic E-state index is 6.34. The Bertz CT molecular complexity index is 384. The molecule has 1 heterocycles. The van der Waals surface area contributed by atoms with E-state index in [4.69, 9.17) is 5.73 Å². The van der Waals surface area contributed by atoms with E-state index < -0.39 is 0 Å². The van der Waals surface area contributed by atoms with Crippen LogP contribution in [0.15, 0.2) is 30.3 Å². The van der Waals surface area contributed by atoms with Gasteiger partial charge in [-0.1, -0.05) is 56.0 Å². The number of benzene rings is 1. The maximum atomic E-state index is 6.34. The molecule has 0 radical (unpaired) electrons. The Morgan fingerprint density at radius 2 is 1.79 bits per heavy atom. The van der Waals surface area contributed by atoms with Crippen LogP contribution in [0.1, 0.15) is 43.6 Å². The molecule has 0 aromatic heterocycles. The van der Waals surface area contributed by atoms with E-state index >= 15 is 0 Å². The van der Waals surface area contributed by atoms with E-state index in [0.29, 0.717) is 12.0 Å². The summed E-state index contributed by atoms with van der Waals surface area (Å²) in [5, 5.41) is 0. The van der Waals surface area contributed by atoms with Gasteiger partial charge in [0.15, 0.2) is 0 Å². The quantitative estimate of drug-likeness (QED) is 0.899. The third kappa shape index (κ3) is 3.18. The molecule has 1 aromatic rings. The molecule has 1 aliphatic carbocycles. The molecule has 1 aromatic carbocycles. The average Bonchev–Trinajstić information content (AvgIpc) is 3.07. The summed E-state index contributed by atoms with van der Waals surface area (Å²) >= 11 is 0. The molecule has 19 heavy (non-hydrogen) atoms. The fraction of sp³-hybridized carbons (Fsp3) is 0.647. The lowest BCUT2D eigenvalue weighted by Gasteiger charge is -2.18. The summed E-state index contributed by atoms with van der Waals surface area (Å²) < 4.78 is 0. The molecule has 3 rings (SSSR count). The van der Waals surface area contributed by atoms with Gasteiger partial charge in [-0.2, -0.15) is 0 Å². The number of hydrogen-bond donors (Lipinski definition) is 1. The minimum absolute atomic E-state index is 0.311. The fourth-order valence-electron chi connectivity index (χ4n) is 3.81. The molecule has 0 spiro atoms. The van der Waals surface area contributed by atoms with E-state index in [0.717, 1.165) is 19.0 Å². The van der Waals surface area contributed by atoms with Crippen molar-refractivity contribution in [1.82, 2.24) is 4.90 Å². The number of likely N-dealkylation sites (tertiary alicyclic amines) is 1. The Hall–Kier alpha value is -0.860. The van der Waals surface area contributed by atoms with Gasteiger partial charge in [-0.25, -0.2) is 0 Å². The molecule has 2 aliphatic rings. The Morgan fingerprint density at radius 1 is 1.05 bits per heavy atom. The molecule has 2 nitrogen and oxygen atoms in total. The summed E-state index contributed by atoms with van der Waals surface area (Å²) in [6, 6.07) is 11.1. The first-order valence-electron chi connectivity index (χ1n) is 7.86. The van der Waals surface area contributed by atoms with Crippen LogP contribution in [0, 0.1) is 5.92 Å². The second-order valence-corrected chi connectivity index (χ2v) is 6.38. The van der Waals surface area contributed by atoms with Crippen molar-refractivity contribution in [3.8, 4) is 0 Å². The van der Waals surface area contributed by atoms with Crippen molar-refractivity contribution >= 4 is 0 Å². The number of nitrogens with two attached hydrogens (primary N) is 1. The second-order valence-electron chi connectivity index (χ2n) is 6.38. The molecule has 1 aliphatic heterocycles. The summed E-state index contributed by atoms with van der Waals surface area (Å²) in [6.07, 6.45) is 7.21. The van der Waals surface area contributed by atoms with Crippen molar-refractivity contribution in [2.75, 3.05) is 19.6 Å². The fourth-order valence-corrected chi connectivity index (χ4v) is 3.81. The van der Waals surface area contributed by atoms with Gasteiger partial charge in [-0.3, -0.25) is 0 Å². The molecule has 2 fully saturated rings. The van der Waals surface area contributed by atoms with Gasteiger partial charge >= 0.3 is 0 Å². The summed E-state index contributed by atoms with van der Waals surface area (Å²) in [6.45, 7) is 3.48. The van der Waals surface area contributed by atoms with Gasteiger partial charge in [0.2, 0.25) is 0 Å².